The molecule has 4 aromatic rings. The zero-order chi connectivity index (χ0) is 25.2. The number of nitrogens with one attached hydrogen (secondary N) is 1. The van der Waals surface area contributed by atoms with Crippen molar-refractivity contribution in [3.8, 4) is 46.2 Å². The number of nitrogens with zero attached hydrogens (tertiary/aromatic N) is 1. The summed E-state index contributed by atoms with van der Waals surface area (Å²) >= 11 is 0. The minimum absolute atomic E-state index is 0.445. The van der Waals surface area contributed by atoms with E-state index in [2.05, 4.69) is 21.8 Å². The fraction of sp³-hybridized carbons (Fsp3) is 0.192. The second-order valence-corrected chi connectivity index (χ2v) is 7.39. The molecule has 0 saturated carbocycles. The number of imidazole rings is 1. The molecule has 0 aliphatic heterocycles. The highest BCUT2D eigenvalue weighted by atomic mass is 19.4. The van der Waals surface area contributed by atoms with Crippen LogP contribution >= 0.6 is 0 Å². The van der Waals surface area contributed by atoms with Crippen LogP contribution in [-0.4, -0.2) is 38.4 Å². The summed E-state index contributed by atoms with van der Waals surface area (Å²) in [6.45, 7) is 0. The molecule has 0 spiro atoms. The van der Waals surface area contributed by atoms with E-state index in [0.717, 1.165) is 12.1 Å². The molecule has 0 unspecified atom stereocenters. The van der Waals surface area contributed by atoms with Gasteiger partial charge in [-0.2, -0.15) is 13.2 Å². The molecule has 0 atom stereocenters. The molecule has 1 heterocycles. The molecular weight excluding hydrogens is 461 g/mol. The number of benzene rings is 3. The largest absolute Gasteiger partial charge is 0.496 e. The fourth-order valence-electron chi connectivity index (χ4n) is 3.53. The monoisotopic (exact) mass is 482 g/mol. The summed E-state index contributed by atoms with van der Waals surface area (Å²) in [5, 5.41) is 0. The minimum Gasteiger partial charge on any atom is -0.496 e. The average molecular weight is 482 g/mol. The molecule has 1 N–H and O–H groups in total. The van der Waals surface area contributed by atoms with Crippen LogP contribution in [0.2, 0.25) is 0 Å². The highest BCUT2D eigenvalue weighted by Crippen LogP contribution is 2.40. The molecule has 0 amide bonds. The number of ether oxygens (including phenoxy) is 4. The fourth-order valence-corrected chi connectivity index (χ4v) is 3.53. The smallest absolute Gasteiger partial charge is 0.416 e. The van der Waals surface area contributed by atoms with Crippen molar-refractivity contribution in [3.05, 3.63) is 65.2 Å². The lowest BCUT2D eigenvalue weighted by Gasteiger charge is -2.12. The second kappa shape index (κ2) is 9.50. The van der Waals surface area contributed by atoms with Gasteiger partial charge in [0.2, 0.25) is 0 Å². The number of halogens is 3. The minimum atomic E-state index is -4.39. The van der Waals surface area contributed by atoms with E-state index in [0.29, 0.717) is 56.5 Å². The van der Waals surface area contributed by atoms with E-state index in [-0.39, 0.29) is 0 Å². The number of aromatic amines is 1. The number of aromatic nitrogens is 2. The lowest BCUT2D eigenvalue weighted by Crippen LogP contribution is -2.04. The molecule has 0 aliphatic carbocycles. The molecule has 0 saturated heterocycles. The number of hydrogen-bond acceptors (Lipinski definition) is 5. The quantitative estimate of drug-likeness (QED) is 0.371. The molecule has 9 heteroatoms. The predicted octanol–water partition coefficient (Wildman–Crippen LogP) is 5.68. The molecule has 0 bridgehead atoms. The SMILES string of the molecule is COc1cc2nc(-c3cc(OC)c(OC)cc3OC)[nH]c2cc1C#Cc1ccc(C(F)(F)F)cc1. The number of fused-ring (bicyclic) bond motifs is 1. The first-order valence-electron chi connectivity index (χ1n) is 10.3. The Morgan fingerprint density at radius 2 is 1.37 bits per heavy atom. The van der Waals surface area contributed by atoms with Gasteiger partial charge in [-0.25, -0.2) is 4.98 Å². The van der Waals surface area contributed by atoms with Crippen LogP contribution < -0.4 is 18.9 Å². The molecule has 3 aromatic carbocycles. The summed E-state index contributed by atoms with van der Waals surface area (Å²) < 4.78 is 60.1. The van der Waals surface area contributed by atoms with Crippen LogP contribution in [0.25, 0.3) is 22.4 Å². The predicted molar refractivity (Wildman–Crippen MR) is 125 cm³/mol. The van der Waals surface area contributed by atoms with Crippen LogP contribution in [0.1, 0.15) is 16.7 Å². The van der Waals surface area contributed by atoms with E-state index in [9.17, 15) is 13.2 Å². The van der Waals surface area contributed by atoms with Gasteiger partial charge in [0.1, 0.15) is 17.3 Å². The van der Waals surface area contributed by atoms with E-state index in [1.54, 1.807) is 38.5 Å². The highest BCUT2D eigenvalue weighted by Gasteiger charge is 2.29. The molecular formula is C26H21F3N2O4. The molecule has 1 aromatic heterocycles. The Bertz CT molecular complexity index is 1430. The summed E-state index contributed by atoms with van der Waals surface area (Å²) in [6, 6.07) is 11.6. The van der Waals surface area contributed by atoms with Gasteiger partial charge in [-0.05, 0) is 36.4 Å². The highest BCUT2D eigenvalue weighted by molar-refractivity contribution is 5.84. The van der Waals surface area contributed by atoms with Crippen LogP contribution in [0, 0.1) is 11.8 Å². The zero-order valence-electron chi connectivity index (χ0n) is 19.3. The van der Waals surface area contributed by atoms with Crippen molar-refractivity contribution in [1.82, 2.24) is 9.97 Å². The molecule has 35 heavy (non-hydrogen) atoms. The third kappa shape index (κ3) is 4.82. The number of hydrogen-bond donors (Lipinski definition) is 1. The number of methoxy groups -OCH3 is 4. The Kier molecular flexibility index (Phi) is 6.47. The van der Waals surface area contributed by atoms with Gasteiger partial charge in [-0.1, -0.05) is 11.8 Å². The summed E-state index contributed by atoms with van der Waals surface area (Å²) in [4.78, 5) is 7.91. The van der Waals surface area contributed by atoms with Gasteiger partial charge in [0.15, 0.2) is 11.5 Å². The average Bonchev–Trinajstić information content (AvgIpc) is 3.28. The van der Waals surface area contributed by atoms with E-state index >= 15 is 0 Å². The molecule has 6 nitrogen and oxygen atoms in total. The van der Waals surface area contributed by atoms with Crippen LogP contribution in [0.15, 0.2) is 48.5 Å². The Labute approximate surface area is 199 Å². The number of alkyl halides is 3. The van der Waals surface area contributed by atoms with Crippen molar-refractivity contribution in [2.24, 2.45) is 0 Å². The lowest BCUT2D eigenvalue weighted by molar-refractivity contribution is -0.137. The first-order valence-corrected chi connectivity index (χ1v) is 10.3. The normalized spacial score (nSPS) is 11.1. The Hall–Kier alpha value is -4.32. The summed E-state index contributed by atoms with van der Waals surface area (Å²) in [6.07, 6.45) is -4.39. The number of rotatable bonds is 5. The zero-order valence-corrected chi connectivity index (χ0v) is 19.3. The van der Waals surface area contributed by atoms with E-state index in [4.69, 9.17) is 18.9 Å². The third-order valence-corrected chi connectivity index (χ3v) is 5.32. The Morgan fingerprint density at radius 1 is 0.743 bits per heavy atom. The molecule has 4 rings (SSSR count). The van der Waals surface area contributed by atoms with E-state index in [1.165, 1.54) is 26.4 Å². The van der Waals surface area contributed by atoms with Gasteiger partial charge < -0.3 is 23.9 Å². The van der Waals surface area contributed by atoms with Crippen LogP contribution in [0.4, 0.5) is 13.2 Å². The van der Waals surface area contributed by atoms with E-state index in [1.807, 2.05) is 0 Å². The second-order valence-electron chi connectivity index (χ2n) is 7.39. The van der Waals surface area contributed by atoms with Gasteiger partial charge in [0, 0.05) is 17.7 Å². The standard InChI is InChI=1S/C26H21F3N2O4/c1-32-21-13-20-19(11-16(21)8-5-15-6-9-17(10-7-15)26(27,28)29)30-25(31-20)18-12-23(34-3)24(35-4)14-22(18)33-2/h6-7,9-14H,1-4H3,(H,30,31). The first kappa shape index (κ1) is 23.8. The molecule has 0 radical (unpaired) electrons. The van der Waals surface area contributed by atoms with Crippen molar-refractivity contribution < 1.29 is 32.1 Å². The van der Waals surface area contributed by atoms with Crippen molar-refractivity contribution >= 4 is 11.0 Å². The summed E-state index contributed by atoms with van der Waals surface area (Å²) in [7, 11) is 6.14. The van der Waals surface area contributed by atoms with Crippen LogP contribution in [-0.2, 0) is 6.18 Å². The summed E-state index contributed by atoms with van der Waals surface area (Å²) in [5.74, 6) is 8.44. The Morgan fingerprint density at radius 3 is 1.97 bits per heavy atom. The maximum Gasteiger partial charge on any atom is 0.416 e. The van der Waals surface area contributed by atoms with Crippen molar-refractivity contribution in [1.29, 1.82) is 0 Å². The van der Waals surface area contributed by atoms with Gasteiger partial charge in [0.05, 0.1) is 56.2 Å². The lowest BCUT2D eigenvalue weighted by atomic mass is 10.1. The molecule has 0 fully saturated rings. The Balaban J connectivity index is 1.74. The summed E-state index contributed by atoms with van der Waals surface area (Å²) in [5.41, 5.74) is 2.26. The molecule has 0 aliphatic rings. The van der Waals surface area contributed by atoms with Gasteiger partial charge >= 0.3 is 6.18 Å². The topological polar surface area (TPSA) is 65.6 Å². The van der Waals surface area contributed by atoms with Crippen molar-refractivity contribution in [2.45, 2.75) is 6.18 Å². The van der Waals surface area contributed by atoms with Gasteiger partial charge in [0.25, 0.3) is 0 Å². The van der Waals surface area contributed by atoms with Gasteiger partial charge in [-0.3, -0.25) is 0 Å². The number of H-pyrrole nitrogens is 1. The first-order chi connectivity index (χ1) is 16.8. The van der Waals surface area contributed by atoms with Crippen molar-refractivity contribution in [2.75, 3.05) is 28.4 Å². The maximum atomic E-state index is 12.8. The third-order valence-electron chi connectivity index (χ3n) is 5.32. The molecule has 180 valence electrons. The van der Waals surface area contributed by atoms with E-state index < -0.39 is 11.7 Å². The maximum absolute atomic E-state index is 12.8. The van der Waals surface area contributed by atoms with Crippen LogP contribution in [0.5, 0.6) is 23.0 Å². The van der Waals surface area contributed by atoms with Crippen LogP contribution in [0.3, 0.4) is 0 Å². The van der Waals surface area contributed by atoms with Gasteiger partial charge in [-0.15, -0.1) is 0 Å². The van der Waals surface area contributed by atoms with Crippen molar-refractivity contribution in [3.63, 3.8) is 0 Å².